The molecule has 0 fully saturated rings. The SMILES string of the molecule is CNC(=O)c1cccc(NC(=O)CCCOc2ccccc2Br)c1C. The summed E-state index contributed by atoms with van der Waals surface area (Å²) in [6.07, 6.45) is 0.940. The van der Waals surface area contributed by atoms with Crippen LogP contribution in [-0.4, -0.2) is 25.5 Å². The molecule has 2 aromatic rings. The Kier molecular flexibility index (Phi) is 7.01. The molecule has 0 radical (unpaired) electrons. The third-order valence-electron chi connectivity index (χ3n) is 3.72. The van der Waals surface area contributed by atoms with Crippen molar-refractivity contribution in [3.63, 3.8) is 0 Å². The minimum absolute atomic E-state index is 0.104. The van der Waals surface area contributed by atoms with Crippen molar-refractivity contribution in [3.8, 4) is 5.75 Å². The van der Waals surface area contributed by atoms with E-state index in [9.17, 15) is 9.59 Å². The molecule has 25 heavy (non-hydrogen) atoms. The molecule has 2 rings (SSSR count). The maximum absolute atomic E-state index is 12.1. The first-order valence-electron chi connectivity index (χ1n) is 8.01. The van der Waals surface area contributed by atoms with Crippen molar-refractivity contribution in [2.75, 3.05) is 19.0 Å². The maximum atomic E-state index is 12.1. The third-order valence-corrected chi connectivity index (χ3v) is 4.38. The van der Waals surface area contributed by atoms with E-state index in [0.717, 1.165) is 15.8 Å². The van der Waals surface area contributed by atoms with Gasteiger partial charge in [0, 0.05) is 24.7 Å². The molecule has 0 spiro atoms. The summed E-state index contributed by atoms with van der Waals surface area (Å²) in [6.45, 7) is 2.27. The summed E-state index contributed by atoms with van der Waals surface area (Å²) in [5.41, 5.74) is 1.95. The van der Waals surface area contributed by atoms with E-state index in [1.54, 1.807) is 25.2 Å². The first-order valence-corrected chi connectivity index (χ1v) is 8.81. The summed E-state index contributed by atoms with van der Waals surface area (Å²) >= 11 is 3.42. The first-order chi connectivity index (χ1) is 12.0. The second-order valence-corrected chi connectivity index (χ2v) is 6.34. The Morgan fingerprint density at radius 1 is 1.12 bits per heavy atom. The van der Waals surface area contributed by atoms with Crippen LogP contribution < -0.4 is 15.4 Å². The van der Waals surface area contributed by atoms with Gasteiger partial charge < -0.3 is 15.4 Å². The van der Waals surface area contributed by atoms with Gasteiger partial charge in [-0.15, -0.1) is 0 Å². The highest BCUT2D eigenvalue weighted by Crippen LogP contribution is 2.24. The zero-order valence-electron chi connectivity index (χ0n) is 14.3. The second kappa shape index (κ2) is 9.22. The summed E-state index contributed by atoms with van der Waals surface area (Å²) in [6, 6.07) is 12.9. The van der Waals surface area contributed by atoms with Gasteiger partial charge in [-0.25, -0.2) is 0 Å². The zero-order valence-corrected chi connectivity index (χ0v) is 15.9. The number of hydrogen-bond acceptors (Lipinski definition) is 3. The van der Waals surface area contributed by atoms with Crippen LogP contribution in [0.3, 0.4) is 0 Å². The van der Waals surface area contributed by atoms with Gasteiger partial charge in [0.25, 0.3) is 5.91 Å². The molecule has 0 aliphatic carbocycles. The standard InChI is InChI=1S/C19H21BrN2O3/c1-13-14(19(24)21-2)7-5-9-16(13)22-18(23)11-6-12-25-17-10-4-3-8-15(17)20/h3-5,7-10H,6,11-12H2,1-2H3,(H,21,24)(H,22,23). The number of anilines is 1. The Morgan fingerprint density at radius 2 is 1.88 bits per heavy atom. The van der Waals surface area contributed by atoms with Crippen molar-refractivity contribution in [2.24, 2.45) is 0 Å². The van der Waals surface area contributed by atoms with Crippen LogP contribution in [0.4, 0.5) is 5.69 Å². The lowest BCUT2D eigenvalue weighted by molar-refractivity contribution is -0.116. The second-order valence-electron chi connectivity index (χ2n) is 5.49. The Balaban J connectivity index is 1.85. The van der Waals surface area contributed by atoms with Crippen LogP contribution >= 0.6 is 15.9 Å². The summed E-state index contributed by atoms with van der Waals surface area (Å²) in [4.78, 5) is 23.9. The molecule has 2 aromatic carbocycles. The molecule has 0 saturated heterocycles. The van der Waals surface area contributed by atoms with E-state index in [1.807, 2.05) is 31.2 Å². The number of ether oxygens (including phenoxy) is 1. The van der Waals surface area contributed by atoms with Crippen LogP contribution in [0.25, 0.3) is 0 Å². The summed E-state index contributed by atoms with van der Waals surface area (Å²) < 4.78 is 6.54. The number of carbonyl (C=O) groups excluding carboxylic acids is 2. The molecule has 0 heterocycles. The van der Waals surface area contributed by atoms with Gasteiger partial charge in [-0.1, -0.05) is 18.2 Å². The fraction of sp³-hybridized carbons (Fsp3) is 0.263. The van der Waals surface area contributed by atoms with E-state index in [4.69, 9.17) is 4.74 Å². The normalized spacial score (nSPS) is 10.2. The number of halogens is 1. The van der Waals surface area contributed by atoms with Gasteiger partial charge in [-0.05, 0) is 59.1 Å². The number of hydrogen-bond donors (Lipinski definition) is 2. The average Bonchev–Trinajstić information content (AvgIpc) is 2.61. The molecular formula is C19H21BrN2O3. The minimum Gasteiger partial charge on any atom is -0.492 e. The van der Waals surface area contributed by atoms with Gasteiger partial charge in [-0.3, -0.25) is 9.59 Å². The molecule has 0 saturated carbocycles. The molecule has 0 aromatic heterocycles. The number of nitrogens with one attached hydrogen (secondary N) is 2. The molecule has 0 aliphatic heterocycles. The lowest BCUT2D eigenvalue weighted by Crippen LogP contribution is -2.20. The van der Waals surface area contributed by atoms with Crippen LogP contribution in [0.2, 0.25) is 0 Å². The number of rotatable bonds is 7. The maximum Gasteiger partial charge on any atom is 0.251 e. The van der Waals surface area contributed by atoms with Crippen molar-refractivity contribution < 1.29 is 14.3 Å². The molecule has 6 heteroatoms. The fourth-order valence-corrected chi connectivity index (χ4v) is 2.74. The van der Waals surface area contributed by atoms with E-state index in [0.29, 0.717) is 30.7 Å². The van der Waals surface area contributed by atoms with E-state index < -0.39 is 0 Å². The lowest BCUT2D eigenvalue weighted by atomic mass is 10.1. The van der Waals surface area contributed by atoms with Crippen LogP contribution in [0, 0.1) is 6.92 Å². The topological polar surface area (TPSA) is 67.4 Å². The Hall–Kier alpha value is -2.34. The van der Waals surface area contributed by atoms with Crippen molar-refractivity contribution in [2.45, 2.75) is 19.8 Å². The molecule has 2 N–H and O–H groups in total. The quantitative estimate of drug-likeness (QED) is 0.687. The first kappa shape index (κ1) is 19.0. The Morgan fingerprint density at radius 3 is 2.60 bits per heavy atom. The van der Waals surface area contributed by atoms with Crippen LogP contribution in [0.5, 0.6) is 5.75 Å². The Labute approximate surface area is 155 Å². The molecule has 0 unspecified atom stereocenters. The summed E-state index contributed by atoms with van der Waals surface area (Å²) in [5, 5.41) is 5.45. The molecule has 0 atom stereocenters. The predicted octanol–water partition coefficient (Wildman–Crippen LogP) is 3.91. The van der Waals surface area contributed by atoms with Gasteiger partial charge in [0.1, 0.15) is 5.75 Å². The van der Waals surface area contributed by atoms with Gasteiger partial charge in [0.15, 0.2) is 0 Å². The van der Waals surface area contributed by atoms with Crippen molar-refractivity contribution in [1.29, 1.82) is 0 Å². The van der Waals surface area contributed by atoms with E-state index in [2.05, 4.69) is 26.6 Å². The summed E-state index contributed by atoms with van der Waals surface area (Å²) in [7, 11) is 1.58. The highest BCUT2D eigenvalue weighted by atomic mass is 79.9. The van der Waals surface area contributed by atoms with Crippen molar-refractivity contribution >= 4 is 33.4 Å². The largest absolute Gasteiger partial charge is 0.492 e. The third kappa shape index (κ3) is 5.32. The molecule has 0 aliphatic rings. The highest BCUT2D eigenvalue weighted by Gasteiger charge is 2.12. The van der Waals surface area contributed by atoms with Crippen LogP contribution in [-0.2, 0) is 4.79 Å². The van der Waals surface area contributed by atoms with Crippen LogP contribution in [0.1, 0.15) is 28.8 Å². The van der Waals surface area contributed by atoms with Crippen molar-refractivity contribution in [1.82, 2.24) is 5.32 Å². The number of carbonyl (C=O) groups is 2. The highest BCUT2D eigenvalue weighted by molar-refractivity contribution is 9.10. The van der Waals surface area contributed by atoms with Gasteiger partial charge in [-0.2, -0.15) is 0 Å². The van der Waals surface area contributed by atoms with E-state index in [1.165, 1.54) is 0 Å². The molecule has 2 amide bonds. The lowest BCUT2D eigenvalue weighted by Gasteiger charge is -2.12. The zero-order chi connectivity index (χ0) is 18.2. The van der Waals surface area contributed by atoms with Crippen molar-refractivity contribution in [3.05, 3.63) is 58.1 Å². The van der Waals surface area contributed by atoms with Gasteiger partial charge in [0.05, 0.1) is 11.1 Å². The molecular weight excluding hydrogens is 384 g/mol. The smallest absolute Gasteiger partial charge is 0.251 e. The van der Waals surface area contributed by atoms with Gasteiger partial charge in [0.2, 0.25) is 5.91 Å². The average molecular weight is 405 g/mol. The predicted molar refractivity (Wildman–Crippen MR) is 102 cm³/mol. The molecule has 132 valence electrons. The van der Waals surface area contributed by atoms with E-state index in [-0.39, 0.29) is 11.8 Å². The molecule has 0 bridgehead atoms. The van der Waals surface area contributed by atoms with Crippen LogP contribution in [0.15, 0.2) is 46.9 Å². The Bertz CT molecular complexity index is 762. The molecule has 5 nitrogen and oxygen atoms in total. The number of amides is 2. The van der Waals surface area contributed by atoms with E-state index >= 15 is 0 Å². The fourth-order valence-electron chi connectivity index (χ4n) is 2.34. The van der Waals surface area contributed by atoms with Gasteiger partial charge >= 0.3 is 0 Å². The summed E-state index contributed by atoms with van der Waals surface area (Å²) in [5.74, 6) is 0.486. The number of para-hydroxylation sites is 1. The number of benzene rings is 2. The minimum atomic E-state index is -0.171. The monoisotopic (exact) mass is 404 g/mol.